The Bertz CT molecular complexity index is 722. The highest BCUT2D eigenvalue weighted by atomic mass is 15.3. The molecular weight excluding hydrogens is 332 g/mol. The first kappa shape index (κ1) is 18.8. The minimum absolute atomic E-state index is 0.514. The average Bonchev–Trinajstić information content (AvgIpc) is 3.42. The van der Waals surface area contributed by atoms with Gasteiger partial charge in [0.05, 0.1) is 23.5 Å². The summed E-state index contributed by atoms with van der Waals surface area (Å²) < 4.78 is 4.50. The van der Waals surface area contributed by atoms with Gasteiger partial charge in [0.1, 0.15) is 0 Å². The van der Waals surface area contributed by atoms with E-state index in [1.165, 1.54) is 69.2 Å². The molecule has 27 heavy (non-hydrogen) atoms. The minimum Gasteiger partial charge on any atom is -0.269 e. The van der Waals surface area contributed by atoms with Crippen molar-refractivity contribution in [3.05, 3.63) is 35.9 Å². The van der Waals surface area contributed by atoms with E-state index < -0.39 is 0 Å². The van der Waals surface area contributed by atoms with Crippen molar-refractivity contribution >= 4 is 0 Å². The van der Waals surface area contributed by atoms with Gasteiger partial charge in [0.15, 0.2) is 0 Å². The molecule has 0 N–H and O–H groups in total. The zero-order chi connectivity index (χ0) is 18.8. The van der Waals surface area contributed by atoms with Crippen LogP contribution in [0.3, 0.4) is 0 Å². The Morgan fingerprint density at radius 1 is 0.852 bits per heavy atom. The van der Waals surface area contributed by atoms with Crippen molar-refractivity contribution in [1.29, 1.82) is 0 Å². The van der Waals surface area contributed by atoms with Crippen LogP contribution >= 0.6 is 0 Å². The standard InChI is InChI=1S/C23H36N4/c1-17(2)22-11-13-27(24-22)21-10-6-7-19(16-21)15-18(3)23-12-14-26(25-23)20-8-4-5-9-20/h11-14,17-21H,4-10,15-16H2,1-3H3. The van der Waals surface area contributed by atoms with Crippen molar-refractivity contribution < 1.29 is 0 Å². The first-order valence-electron chi connectivity index (χ1n) is 11.2. The van der Waals surface area contributed by atoms with Crippen LogP contribution in [0.2, 0.25) is 0 Å². The molecule has 2 aliphatic rings. The normalized spacial score (nSPS) is 25.3. The first-order chi connectivity index (χ1) is 13.1. The van der Waals surface area contributed by atoms with Crippen LogP contribution in [0, 0.1) is 5.92 Å². The van der Waals surface area contributed by atoms with Gasteiger partial charge in [-0.25, -0.2) is 0 Å². The number of hydrogen-bond acceptors (Lipinski definition) is 2. The van der Waals surface area contributed by atoms with Crippen LogP contribution in [-0.2, 0) is 0 Å². The summed E-state index contributed by atoms with van der Waals surface area (Å²) in [6, 6.07) is 5.71. The second-order valence-corrected chi connectivity index (χ2v) is 9.36. The largest absolute Gasteiger partial charge is 0.269 e. The van der Waals surface area contributed by atoms with Gasteiger partial charge in [-0.3, -0.25) is 9.36 Å². The monoisotopic (exact) mass is 368 g/mol. The highest BCUT2D eigenvalue weighted by molar-refractivity contribution is 5.07. The maximum atomic E-state index is 4.96. The topological polar surface area (TPSA) is 35.6 Å². The van der Waals surface area contributed by atoms with Crippen molar-refractivity contribution in [2.24, 2.45) is 5.92 Å². The van der Waals surface area contributed by atoms with Crippen molar-refractivity contribution in [2.75, 3.05) is 0 Å². The molecule has 2 heterocycles. The van der Waals surface area contributed by atoms with E-state index in [0.717, 1.165) is 5.92 Å². The molecule has 4 heteroatoms. The van der Waals surface area contributed by atoms with Crippen molar-refractivity contribution in [3.8, 4) is 0 Å². The van der Waals surface area contributed by atoms with Gasteiger partial charge in [-0.2, -0.15) is 10.2 Å². The SMILES string of the molecule is CC(C)c1ccn(C2CCCC(CC(C)c3ccn(C4CCCC4)n3)C2)n1. The molecule has 0 amide bonds. The highest BCUT2D eigenvalue weighted by Crippen LogP contribution is 2.38. The van der Waals surface area contributed by atoms with Crippen molar-refractivity contribution in [3.63, 3.8) is 0 Å². The smallest absolute Gasteiger partial charge is 0.0652 e. The number of hydrogen-bond donors (Lipinski definition) is 0. The van der Waals surface area contributed by atoms with Crippen LogP contribution in [0.5, 0.6) is 0 Å². The lowest BCUT2D eigenvalue weighted by molar-refractivity contribution is 0.233. The Labute approximate surface area is 164 Å². The van der Waals surface area contributed by atoms with Crippen LogP contribution in [0.1, 0.15) is 114 Å². The van der Waals surface area contributed by atoms with Crippen molar-refractivity contribution in [2.45, 2.75) is 102 Å². The fourth-order valence-corrected chi connectivity index (χ4v) is 5.19. The predicted molar refractivity (Wildman–Crippen MR) is 110 cm³/mol. The minimum atomic E-state index is 0.514. The van der Waals surface area contributed by atoms with Crippen LogP contribution in [0.25, 0.3) is 0 Å². The van der Waals surface area contributed by atoms with E-state index in [1.807, 2.05) is 0 Å². The van der Waals surface area contributed by atoms with Gasteiger partial charge in [-0.15, -0.1) is 0 Å². The van der Waals surface area contributed by atoms with Crippen LogP contribution in [0.4, 0.5) is 0 Å². The lowest BCUT2D eigenvalue weighted by Gasteiger charge is -2.30. The van der Waals surface area contributed by atoms with E-state index in [2.05, 4.69) is 54.7 Å². The summed E-state index contributed by atoms with van der Waals surface area (Å²) in [5.74, 6) is 1.86. The van der Waals surface area contributed by atoms with E-state index in [-0.39, 0.29) is 0 Å². The Hall–Kier alpha value is -1.58. The summed E-state index contributed by atoms with van der Waals surface area (Å²) in [5.41, 5.74) is 2.52. The quantitative estimate of drug-likeness (QED) is 0.604. The summed E-state index contributed by atoms with van der Waals surface area (Å²) in [6.45, 7) is 6.82. The zero-order valence-electron chi connectivity index (χ0n) is 17.3. The lowest BCUT2D eigenvalue weighted by atomic mass is 9.80. The summed E-state index contributed by atoms with van der Waals surface area (Å²) in [4.78, 5) is 0. The molecule has 0 spiro atoms. The summed E-state index contributed by atoms with van der Waals surface area (Å²) in [6.07, 6.45) is 16.3. The summed E-state index contributed by atoms with van der Waals surface area (Å²) in [5, 5.41) is 9.81. The zero-order valence-corrected chi connectivity index (χ0v) is 17.3. The molecule has 4 nitrogen and oxygen atoms in total. The van der Waals surface area contributed by atoms with E-state index in [9.17, 15) is 0 Å². The predicted octanol–water partition coefficient (Wildman–Crippen LogP) is 6.24. The third-order valence-electron chi connectivity index (χ3n) is 6.87. The maximum Gasteiger partial charge on any atom is 0.0652 e. The molecule has 2 aromatic heterocycles. The average molecular weight is 369 g/mol. The summed E-state index contributed by atoms with van der Waals surface area (Å²) in [7, 11) is 0. The lowest BCUT2D eigenvalue weighted by Crippen LogP contribution is -2.21. The van der Waals surface area contributed by atoms with Gasteiger partial charge in [-0.1, -0.05) is 46.5 Å². The third-order valence-corrected chi connectivity index (χ3v) is 6.87. The Morgan fingerprint density at radius 3 is 2.19 bits per heavy atom. The van der Waals surface area contributed by atoms with E-state index in [4.69, 9.17) is 10.2 Å². The fourth-order valence-electron chi connectivity index (χ4n) is 5.19. The number of aromatic nitrogens is 4. The molecule has 2 fully saturated rings. The molecule has 0 bridgehead atoms. The summed E-state index contributed by atoms with van der Waals surface area (Å²) >= 11 is 0. The number of rotatable bonds is 6. The Morgan fingerprint density at radius 2 is 1.48 bits per heavy atom. The highest BCUT2D eigenvalue weighted by Gasteiger charge is 2.26. The first-order valence-corrected chi connectivity index (χ1v) is 11.2. The van der Waals surface area contributed by atoms with Crippen molar-refractivity contribution in [1.82, 2.24) is 19.6 Å². The molecule has 148 valence electrons. The molecular formula is C23H36N4. The molecule has 0 aliphatic heterocycles. The van der Waals surface area contributed by atoms with Crippen LogP contribution in [-0.4, -0.2) is 19.6 Å². The molecule has 0 saturated heterocycles. The van der Waals surface area contributed by atoms with Crippen LogP contribution in [0.15, 0.2) is 24.5 Å². The second kappa shape index (κ2) is 8.20. The van der Waals surface area contributed by atoms with Gasteiger partial charge < -0.3 is 0 Å². The molecule has 0 aromatic carbocycles. The van der Waals surface area contributed by atoms with Gasteiger partial charge in [0, 0.05) is 18.3 Å². The van der Waals surface area contributed by atoms with E-state index in [0.29, 0.717) is 23.9 Å². The Balaban J connectivity index is 1.35. The molecule has 2 aromatic rings. The molecule has 4 rings (SSSR count). The van der Waals surface area contributed by atoms with Crippen LogP contribution < -0.4 is 0 Å². The Kier molecular flexibility index (Phi) is 5.70. The molecule has 3 unspecified atom stereocenters. The fraction of sp³-hybridized carbons (Fsp3) is 0.739. The molecule has 2 saturated carbocycles. The number of nitrogens with zero attached hydrogens (tertiary/aromatic N) is 4. The molecule has 0 radical (unpaired) electrons. The third kappa shape index (κ3) is 4.30. The van der Waals surface area contributed by atoms with Gasteiger partial charge in [0.2, 0.25) is 0 Å². The van der Waals surface area contributed by atoms with Gasteiger partial charge in [-0.05, 0) is 56.1 Å². The van der Waals surface area contributed by atoms with Gasteiger partial charge >= 0.3 is 0 Å². The maximum absolute atomic E-state index is 4.96. The van der Waals surface area contributed by atoms with E-state index in [1.54, 1.807) is 0 Å². The van der Waals surface area contributed by atoms with E-state index >= 15 is 0 Å². The van der Waals surface area contributed by atoms with Gasteiger partial charge in [0.25, 0.3) is 0 Å². The second-order valence-electron chi connectivity index (χ2n) is 9.36. The molecule has 3 atom stereocenters. The molecule has 2 aliphatic carbocycles.